The highest BCUT2D eigenvalue weighted by molar-refractivity contribution is 5.46. The van der Waals surface area contributed by atoms with Crippen LogP contribution in [0.2, 0.25) is 0 Å². The second kappa shape index (κ2) is 5.56. The quantitative estimate of drug-likeness (QED) is 0.409. The Morgan fingerprint density at radius 3 is 2.78 bits per heavy atom. The molecule has 0 aliphatic rings. The number of hydrogen-bond acceptors (Lipinski definition) is 2. The Bertz CT molecular complexity index is 75.5. The summed E-state index contributed by atoms with van der Waals surface area (Å²) in [5, 5.41) is 3.00. The van der Waals surface area contributed by atoms with E-state index >= 15 is 0 Å². The van der Waals surface area contributed by atoms with Crippen molar-refractivity contribution in [1.82, 2.24) is 10.2 Å². The monoisotopic (exact) mass is 130 g/mol. The molecule has 1 amide bonds. The summed E-state index contributed by atoms with van der Waals surface area (Å²) in [7, 11) is 3.68. The molecule has 0 heterocycles. The molecule has 0 atom stereocenters. The summed E-state index contributed by atoms with van der Waals surface area (Å²) >= 11 is 0. The minimum atomic E-state index is 0.838. The van der Waals surface area contributed by atoms with E-state index in [1.807, 2.05) is 7.05 Å². The molecule has 0 aliphatic carbocycles. The van der Waals surface area contributed by atoms with Crippen molar-refractivity contribution in [3.63, 3.8) is 0 Å². The average Bonchev–Trinajstić information content (AvgIpc) is 1.89. The third-order valence-electron chi connectivity index (χ3n) is 1.12. The highest BCUT2D eigenvalue weighted by Gasteiger charge is 1.89. The van der Waals surface area contributed by atoms with Crippen molar-refractivity contribution in [1.29, 1.82) is 0 Å². The molecule has 0 aromatic heterocycles. The van der Waals surface area contributed by atoms with Crippen LogP contribution in [0.5, 0.6) is 0 Å². The Labute approximate surface area is 56.0 Å². The molecule has 0 saturated heterocycles. The second-order valence-corrected chi connectivity index (χ2v) is 2.04. The summed E-state index contributed by atoms with van der Waals surface area (Å²) in [6.45, 7) is 1.81. The third-order valence-corrected chi connectivity index (χ3v) is 1.12. The summed E-state index contributed by atoms with van der Waals surface area (Å²) in [4.78, 5) is 11.6. The lowest BCUT2D eigenvalue weighted by Crippen LogP contribution is -2.20. The van der Waals surface area contributed by atoms with Gasteiger partial charge >= 0.3 is 0 Å². The van der Waals surface area contributed by atoms with E-state index in [9.17, 15) is 4.79 Å². The largest absolute Gasteiger partial charge is 0.348 e. The van der Waals surface area contributed by atoms with E-state index in [4.69, 9.17) is 0 Å². The maximum absolute atomic E-state index is 10.0. The molecule has 0 unspecified atom stereocenters. The Balaban J connectivity index is 2.96. The molecule has 0 saturated carbocycles. The predicted molar refractivity (Wildman–Crippen MR) is 37.2 cm³/mol. The van der Waals surface area contributed by atoms with Crippen molar-refractivity contribution in [3.05, 3.63) is 0 Å². The van der Waals surface area contributed by atoms with E-state index in [0.717, 1.165) is 25.9 Å². The van der Waals surface area contributed by atoms with Gasteiger partial charge in [0.25, 0.3) is 0 Å². The fraction of sp³-hybridized carbons (Fsp3) is 0.833. The van der Waals surface area contributed by atoms with Crippen LogP contribution >= 0.6 is 0 Å². The van der Waals surface area contributed by atoms with Crippen LogP contribution in [-0.2, 0) is 4.79 Å². The van der Waals surface area contributed by atoms with Gasteiger partial charge < -0.3 is 10.2 Å². The summed E-state index contributed by atoms with van der Waals surface area (Å²) in [6.07, 6.45) is 1.86. The van der Waals surface area contributed by atoms with Crippen LogP contribution in [0.4, 0.5) is 0 Å². The zero-order valence-electron chi connectivity index (χ0n) is 6.05. The first kappa shape index (κ1) is 8.43. The van der Waals surface area contributed by atoms with E-state index < -0.39 is 0 Å². The van der Waals surface area contributed by atoms with Gasteiger partial charge in [-0.25, -0.2) is 0 Å². The maximum atomic E-state index is 10.0. The Morgan fingerprint density at radius 1 is 1.67 bits per heavy atom. The van der Waals surface area contributed by atoms with Crippen LogP contribution < -0.4 is 5.32 Å². The van der Waals surface area contributed by atoms with Crippen molar-refractivity contribution in [2.75, 3.05) is 27.2 Å². The van der Waals surface area contributed by atoms with Crippen LogP contribution in [-0.4, -0.2) is 38.5 Å². The summed E-state index contributed by atoms with van der Waals surface area (Å²) in [5.74, 6) is 0. The lowest BCUT2D eigenvalue weighted by molar-refractivity contribution is -0.117. The van der Waals surface area contributed by atoms with Gasteiger partial charge in [-0.15, -0.1) is 0 Å². The van der Waals surface area contributed by atoms with Gasteiger partial charge in [-0.05, 0) is 20.0 Å². The minimum Gasteiger partial charge on any atom is -0.348 e. The molecule has 1 N–H and O–H groups in total. The summed E-state index contributed by atoms with van der Waals surface area (Å²) in [5.41, 5.74) is 0. The smallest absolute Gasteiger partial charge is 0.209 e. The van der Waals surface area contributed by atoms with Crippen molar-refractivity contribution in [2.45, 2.75) is 6.42 Å². The lowest BCUT2D eigenvalue weighted by atomic mass is 10.4. The van der Waals surface area contributed by atoms with Gasteiger partial charge in [0.15, 0.2) is 0 Å². The van der Waals surface area contributed by atoms with E-state index in [-0.39, 0.29) is 0 Å². The van der Waals surface area contributed by atoms with E-state index in [2.05, 4.69) is 5.32 Å². The molecular formula is C6H14N2O. The summed E-state index contributed by atoms with van der Waals surface area (Å²) in [6, 6.07) is 0. The van der Waals surface area contributed by atoms with Gasteiger partial charge in [0.1, 0.15) is 0 Å². The lowest BCUT2D eigenvalue weighted by Gasteiger charge is -2.08. The van der Waals surface area contributed by atoms with E-state index in [0.29, 0.717) is 0 Å². The van der Waals surface area contributed by atoms with Crippen LogP contribution in [0.3, 0.4) is 0 Å². The number of carbonyl (C=O) groups excluding carboxylic acids is 1. The topological polar surface area (TPSA) is 32.3 Å². The number of nitrogens with zero attached hydrogens (tertiary/aromatic N) is 1. The Kier molecular flexibility index (Phi) is 5.21. The Hall–Kier alpha value is -0.570. The van der Waals surface area contributed by atoms with Gasteiger partial charge in [-0.1, -0.05) is 0 Å². The highest BCUT2D eigenvalue weighted by atomic mass is 16.1. The summed E-state index contributed by atoms with van der Waals surface area (Å²) < 4.78 is 0. The molecule has 54 valence electrons. The van der Waals surface area contributed by atoms with Gasteiger partial charge in [0.2, 0.25) is 6.41 Å². The molecule has 3 nitrogen and oxygen atoms in total. The molecule has 9 heavy (non-hydrogen) atoms. The molecule has 0 rings (SSSR count). The van der Waals surface area contributed by atoms with Gasteiger partial charge in [-0.2, -0.15) is 0 Å². The van der Waals surface area contributed by atoms with Crippen LogP contribution in [0, 0.1) is 0 Å². The van der Waals surface area contributed by atoms with Gasteiger partial charge in [-0.3, -0.25) is 4.79 Å². The standard InChI is InChI=1S/C6H14N2O/c1-7-4-3-5-8(2)6-9/h6-7H,3-5H2,1-2H3. The Morgan fingerprint density at radius 2 is 2.33 bits per heavy atom. The first-order valence-electron chi connectivity index (χ1n) is 3.11. The van der Waals surface area contributed by atoms with Crippen LogP contribution in [0.25, 0.3) is 0 Å². The van der Waals surface area contributed by atoms with Crippen molar-refractivity contribution in [2.24, 2.45) is 0 Å². The number of carbonyl (C=O) groups is 1. The average molecular weight is 130 g/mol. The maximum Gasteiger partial charge on any atom is 0.209 e. The second-order valence-electron chi connectivity index (χ2n) is 2.04. The van der Waals surface area contributed by atoms with Crippen molar-refractivity contribution >= 4 is 6.41 Å². The zero-order chi connectivity index (χ0) is 7.11. The highest BCUT2D eigenvalue weighted by Crippen LogP contribution is 1.79. The minimum absolute atomic E-state index is 0.838. The van der Waals surface area contributed by atoms with Gasteiger partial charge in [0.05, 0.1) is 0 Å². The fourth-order valence-electron chi connectivity index (χ4n) is 0.558. The predicted octanol–water partition coefficient (Wildman–Crippen LogP) is -0.316. The molecule has 0 aromatic rings. The number of nitrogens with one attached hydrogen (secondary N) is 1. The number of rotatable bonds is 5. The SMILES string of the molecule is CNCCCN(C)C=O. The van der Waals surface area contributed by atoms with Crippen molar-refractivity contribution in [3.8, 4) is 0 Å². The molecule has 0 radical (unpaired) electrons. The van der Waals surface area contributed by atoms with E-state index in [1.54, 1.807) is 11.9 Å². The third kappa shape index (κ3) is 5.30. The molecule has 0 aliphatic heterocycles. The fourth-order valence-corrected chi connectivity index (χ4v) is 0.558. The molecule has 0 fully saturated rings. The van der Waals surface area contributed by atoms with Gasteiger partial charge in [0, 0.05) is 13.6 Å². The normalized spacial score (nSPS) is 9.11. The molecule has 0 bridgehead atoms. The number of amides is 1. The van der Waals surface area contributed by atoms with E-state index in [1.165, 1.54) is 0 Å². The molecule has 0 spiro atoms. The molecule has 0 aromatic carbocycles. The van der Waals surface area contributed by atoms with Crippen molar-refractivity contribution < 1.29 is 4.79 Å². The van der Waals surface area contributed by atoms with Crippen LogP contribution in [0.15, 0.2) is 0 Å². The first-order chi connectivity index (χ1) is 4.31. The zero-order valence-corrected chi connectivity index (χ0v) is 6.05. The van der Waals surface area contributed by atoms with Crippen LogP contribution in [0.1, 0.15) is 6.42 Å². The molecule has 3 heteroatoms. The first-order valence-corrected chi connectivity index (χ1v) is 3.11. The number of hydrogen-bond donors (Lipinski definition) is 1. The molecular weight excluding hydrogens is 116 g/mol.